The summed E-state index contributed by atoms with van der Waals surface area (Å²) in [5.74, 6) is 0.202. The van der Waals surface area contributed by atoms with E-state index in [1.165, 1.54) is 13.0 Å². The lowest BCUT2D eigenvalue weighted by Gasteiger charge is -2.15. The predicted molar refractivity (Wildman–Crippen MR) is 114 cm³/mol. The standard InChI is InChI=1S/C23H23N3O5/c1-15(24-20(27)14-11-17-9-12-19(29-3)13-10-17)23(28)30-16(2)21-25-26-22(31-21)18-7-5-4-6-8-18/h4-16H,1-3H3,(H,24,27)/b14-11+/t15-,16-/m0/s1. The van der Waals surface area contributed by atoms with E-state index in [2.05, 4.69) is 15.5 Å². The molecule has 31 heavy (non-hydrogen) atoms. The number of rotatable bonds is 8. The van der Waals surface area contributed by atoms with Gasteiger partial charge in [0.2, 0.25) is 11.8 Å². The van der Waals surface area contributed by atoms with Crippen LogP contribution in [0.25, 0.3) is 17.5 Å². The molecule has 1 heterocycles. The SMILES string of the molecule is COc1ccc(/C=C/C(=O)N[C@@H](C)C(=O)O[C@@H](C)c2nnc(-c3ccccc3)o2)cc1. The Bertz CT molecular complexity index is 1040. The number of hydrogen-bond acceptors (Lipinski definition) is 7. The topological polar surface area (TPSA) is 104 Å². The van der Waals surface area contributed by atoms with Crippen molar-refractivity contribution in [3.63, 3.8) is 0 Å². The first-order chi connectivity index (χ1) is 15.0. The highest BCUT2D eigenvalue weighted by Crippen LogP contribution is 2.22. The number of aromatic nitrogens is 2. The zero-order valence-corrected chi connectivity index (χ0v) is 17.4. The van der Waals surface area contributed by atoms with Crippen molar-refractivity contribution in [1.29, 1.82) is 0 Å². The normalized spacial score (nSPS) is 12.9. The molecule has 8 nitrogen and oxygen atoms in total. The third-order valence-electron chi connectivity index (χ3n) is 4.36. The van der Waals surface area contributed by atoms with Gasteiger partial charge in [-0.25, -0.2) is 4.79 Å². The Morgan fingerprint density at radius 2 is 1.74 bits per heavy atom. The molecule has 1 amide bonds. The minimum atomic E-state index is -0.855. The highest BCUT2D eigenvalue weighted by Gasteiger charge is 2.23. The van der Waals surface area contributed by atoms with E-state index in [1.54, 1.807) is 32.2 Å². The molecule has 0 aliphatic rings. The van der Waals surface area contributed by atoms with E-state index < -0.39 is 24.0 Å². The van der Waals surface area contributed by atoms with Crippen molar-refractivity contribution >= 4 is 18.0 Å². The number of benzene rings is 2. The summed E-state index contributed by atoms with van der Waals surface area (Å²) >= 11 is 0. The van der Waals surface area contributed by atoms with Crippen LogP contribution in [0.5, 0.6) is 5.75 Å². The molecule has 0 bridgehead atoms. The van der Waals surface area contributed by atoms with Crippen molar-refractivity contribution in [3.8, 4) is 17.2 Å². The zero-order chi connectivity index (χ0) is 22.2. The third-order valence-corrected chi connectivity index (χ3v) is 4.36. The summed E-state index contributed by atoms with van der Waals surface area (Å²) in [4.78, 5) is 24.4. The Balaban J connectivity index is 1.52. The van der Waals surface area contributed by atoms with E-state index in [-0.39, 0.29) is 5.89 Å². The highest BCUT2D eigenvalue weighted by molar-refractivity contribution is 5.94. The Labute approximate surface area is 179 Å². The van der Waals surface area contributed by atoms with Crippen LogP contribution in [0.2, 0.25) is 0 Å². The van der Waals surface area contributed by atoms with Crippen molar-refractivity contribution in [3.05, 3.63) is 72.1 Å². The summed E-state index contributed by atoms with van der Waals surface area (Å²) in [6.07, 6.45) is 2.23. The quantitative estimate of drug-likeness (QED) is 0.438. The Morgan fingerprint density at radius 1 is 1.03 bits per heavy atom. The Morgan fingerprint density at radius 3 is 2.42 bits per heavy atom. The molecular formula is C23H23N3O5. The van der Waals surface area contributed by atoms with Gasteiger partial charge >= 0.3 is 5.97 Å². The molecule has 0 saturated heterocycles. The van der Waals surface area contributed by atoms with Crippen LogP contribution in [0.15, 0.2) is 65.1 Å². The fraction of sp³-hybridized carbons (Fsp3) is 0.217. The maximum Gasteiger partial charge on any atom is 0.329 e. The lowest BCUT2D eigenvalue weighted by atomic mass is 10.2. The van der Waals surface area contributed by atoms with Gasteiger partial charge in [0.25, 0.3) is 5.89 Å². The molecule has 160 valence electrons. The summed E-state index contributed by atoms with van der Waals surface area (Å²) < 4.78 is 16.0. The van der Waals surface area contributed by atoms with Gasteiger partial charge in [-0.05, 0) is 49.8 Å². The summed E-state index contributed by atoms with van der Waals surface area (Å²) in [6.45, 7) is 3.16. The minimum absolute atomic E-state index is 0.171. The first kappa shape index (κ1) is 21.8. The molecule has 1 aromatic heterocycles. The smallest absolute Gasteiger partial charge is 0.329 e. The first-order valence-corrected chi connectivity index (χ1v) is 9.68. The van der Waals surface area contributed by atoms with Crippen LogP contribution in [-0.4, -0.2) is 35.2 Å². The fourth-order valence-electron chi connectivity index (χ4n) is 2.63. The van der Waals surface area contributed by atoms with Gasteiger partial charge in [-0.1, -0.05) is 30.3 Å². The molecule has 1 N–H and O–H groups in total. The Hall–Kier alpha value is -3.94. The number of carbonyl (C=O) groups excluding carboxylic acids is 2. The number of nitrogens with one attached hydrogen (secondary N) is 1. The van der Waals surface area contributed by atoms with Crippen LogP contribution in [0.1, 0.15) is 31.4 Å². The number of hydrogen-bond donors (Lipinski definition) is 1. The van der Waals surface area contributed by atoms with Gasteiger partial charge in [0.05, 0.1) is 7.11 Å². The first-order valence-electron chi connectivity index (χ1n) is 9.68. The van der Waals surface area contributed by atoms with E-state index in [9.17, 15) is 9.59 Å². The van der Waals surface area contributed by atoms with Gasteiger partial charge in [-0.3, -0.25) is 4.79 Å². The lowest BCUT2D eigenvalue weighted by Crippen LogP contribution is -2.39. The van der Waals surface area contributed by atoms with Gasteiger partial charge in [0, 0.05) is 11.6 Å². The summed E-state index contributed by atoms with van der Waals surface area (Å²) in [5.41, 5.74) is 1.59. The predicted octanol–water partition coefficient (Wildman–Crippen LogP) is 3.57. The highest BCUT2D eigenvalue weighted by atomic mass is 16.6. The zero-order valence-electron chi connectivity index (χ0n) is 17.4. The Kier molecular flexibility index (Phi) is 7.16. The maximum atomic E-state index is 12.3. The number of carbonyl (C=O) groups is 2. The summed E-state index contributed by atoms with van der Waals surface area (Å²) in [7, 11) is 1.58. The van der Waals surface area contributed by atoms with Crippen LogP contribution in [0.3, 0.4) is 0 Å². The number of methoxy groups -OCH3 is 1. The average molecular weight is 421 g/mol. The van der Waals surface area contributed by atoms with E-state index in [1.807, 2.05) is 42.5 Å². The van der Waals surface area contributed by atoms with Gasteiger partial charge in [0.15, 0.2) is 6.10 Å². The molecule has 8 heteroatoms. The third kappa shape index (κ3) is 6.02. The molecule has 2 aromatic carbocycles. The molecule has 0 aliphatic heterocycles. The van der Waals surface area contributed by atoms with Crippen molar-refractivity contribution in [2.75, 3.05) is 7.11 Å². The monoisotopic (exact) mass is 421 g/mol. The molecule has 3 rings (SSSR count). The van der Waals surface area contributed by atoms with Crippen molar-refractivity contribution < 1.29 is 23.5 Å². The molecular weight excluding hydrogens is 398 g/mol. The molecule has 0 radical (unpaired) electrons. The molecule has 2 atom stereocenters. The van der Waals surface area contributed by atoms with Gasteiger partial charge in [-0.15, -0.1) is 10.2 Å². The average Bonchev–Trinajstić information content (AvgIpc) is 3.29. The van der Waals surface area contributed by atoms with Crippen molar-refractivity contribution in [1.82, 2.24) is 15.5 Å². The van der Waals surface area contributed by atoms with E-state index in [4.69, 9.17) is 13.9 Å². The molecule has 0 unspecified atom stereocenters. The van der Waals surface area contributed by atoms with E-state index >= 15 is 0 Å². The van der Waals surface area contributed by atoms with Crippen molar-refractivity contribution in [2.45, 2.75) is 26.0 Å². The van der Waals surface area contributed by atoms with Crippen LogP contribution >= 0.6 is 0 Å². The van der Waals surface area contributed by atoms with E-state index in [0.29, 0.717) is 5.89 Å². The minimum Gasteiger partial charge on any atom is -0.497 e. The van der Waals surface area contributed by atoms with Crippen molar-refractivity contribution in [2.24, 2.45) is 0 Å². The number of nitrogens with zero attached hydrogens (tertiary/aromatic N) is 2. The number of esters is 1. The molecule has 3 aromatic rings. The molecule has 0 aliphatic carbocycles. The second-order valence-electron chi connectivity index (χ2n) is 6.73. The molecule has 0 fully saturated rings. The number of amides is 1. The van der Waals surface area contributed by atoms with Crippen LogP contribution in [-0.2, 0) is 14.3 Å². The van der Waals surface area contributed by atoms with Crippen LogP contribution in [0, 0.1) is 0 Å². The summed E-state index contributed by atoms with van der Waals surface area (Å²) in [5, 5.41) is 10.5. The summed E-state index contributed by atoms with van der Waals surface area (Å²) in [6, 6.07) is 15.6. The molecule has 0 spiro atoms. The van der Waals surface area contributed by atoms with Crippen LogP contribution < -0.4 is 10.1 Å². The van der Waals surface area contributed by atoms with Crippen LogP contribution in [0.4, 0.5) is 0 Å². The second kappa shape index (κ2) is 10.2. The van der Waals surface area contributed by atoms with E-state index in [0.717, 1.165) is 16.9 Å². The fourth-order valence-corrected chi connectivity index (χ4v) is 2.63. The second-order valence-corrected chi connectivity index (χ2v) is 6.73. The molecule has 0 saturated carbocycles. The lowest BCUT2D eigenvalue weighted by molar-refractivity contribution is -0.152. The van der Waals surface area contributed by atoms with Gasteiger partial charge in [0.1, 0.15) is 11.8 Å². The van der Waals surface area contributed by atoms with Gasteiger partial charge in [-0.2, -0.15) is 0 Å². The van der Waals surface area contributed by atoms with Gasteiger partial charge < -0.3 is 19.2 Å². The maximum absolute atomic E-state index is 12.3. The largest absolute Gasteiger partial charge is 0.497 e. The number of ether oxygens (including phenoxy) is 2.